The number of aromatic carboxylic acids is 1. The lowest BCUT2D eigenvalue weighted by Crippen LogP contribution is -2.15. The average molecular weight is 513 g/mol. The van der Waals surface area contributed by atoms with Crippen molar-refractivity contribution >= 4 is 32.7 Å². The normalized spacial score (nSPS) is 11.5. The van der Waals surface area contributed by atoms with E-state index < -0.39 is 21.6 Å². The third-order valence-electron chi connectivity index (χ3n) is 5.30. The van der Waals surface area contributed by atoms with Crippen LogP contribution in [0.3, 0.4) is 0 Å². The number of nitrogens with one attached hydrogen (secondary N) is 2. The van der Waals surface area contributed by atoms with Gasteiger partial charge in [-0.05, 0) is 43.7 Å². The summed E-state index contributed by atoms with van der Waals surface area (Å²) in [5.41, 5.74) is 1.17. The molecular formula is C23H24N6O6S. The summed E-state index contributed by atoms with van der Waals surface area (Å²) in [7, 11) is -2.44. The van der Waals surface area contributed by atoms with Gasteiger partial charge in [0.15, 0.2) is 5.52 Å². The fraction of sp³-hybridized carbons (Fsp3) is 0.261. The second-order valence-corrected chi connectivity index (χ2v) is 9.55. The number of aromatic nitrogens is 5. The number of aromatic amines is 1. The fourth-order valence-electron chi connectivity index (χ4n) is 3.72. The molecule has 0 fully saturated rings. The molecule has 188 valence electrons. The average Bonchev–Trinajstić information content (AvgIpc) is 3.15. The zero-order chi connectivity index (χ0) is 26.0. The lowest BCUT2D eigenvalue weighted by molar-refractivity contribution is 0.0690. The molecule has 36 heavy (non-hydrogen) atoms. The Morgan fingerprint density at radius 2 is 2.00 bits per heavy atom. The molecule has 3 aromatic heterocycles. The van der Waals surface area contributed by atoms with Crippen molar-refractivity contribution in [1.29, 1.82) is 0 Å². The van der Waals surface area contributed by atoms with Gasteiger partial charge in [-0.25, -0.2) is 23.2 Å². The van der Waals surface area contributed by atoms with E-state index in [1.807, 2.05) is 6.92 Å². The van der Waals surface area contributed by atoms with Gasteiger partial charge < -0.3 is 14.8 Å². The molecule has 0 aliphatic rings. The third-order valence-corrected chi connectivity index (χ3v) is 6.68. The van der Waals surface area contributed by atoms with Crippen molar-refractivity contribution in [2.75, 3.05) is 11.3 Å². The Kier molecular flexibility index (Phi) is 6.75. The number of carbonyl (C=O) groups is 1. The summed E-state index contributed by atoms with van der Waals surface area (Å²) in [4.78, 5) is 34.8. The number of fused-ring (bicyclic) bond motifs is 1. The molecule has 4 aromatic rings. The number of hydrogen-bond donors (Lipinski definition) is 3. The number of carboxylic acids is 1. The Hall–Kier alpha value is -4.26. The lowest BCUT2D eigenvalue weighted by atomic mass is 10.1. The van der Waals surface area contributed by atoms with Crippen LogP contribution >= 0.6 is 0 Å². The quantitative estimate of drug-likeness (QED) is 0.305. The van der Waals surface area contributed by atoms with Gasteiger partial charge in [0.1, 0.15) is 22.8 Å². The van der Waals surface area contributed by atoms with Gasteiger partial charge in [-0.15, -0.1) is 0 Å². The SMILES string of the molecule is CCCc1nn(C)c2c(=O)[nH]c(-c3cc(S(=O)(=O)Nc4ccc(C(=O)O)nc4)ccc3OCC)nc12. The first kappa shape index (κ1) is 24.9. The molecular weight excluding hydrogens is 488 g/mol. The maximum absolute atomic E-state index is 13.1. The van der Waals surface area contributed by atoms with Crippen LogP contribution in [-0.4, -0.2) is 50.8 Å². The Morgan fingerprint density at radius 3 is 2.64 bits per heavy atom. The molecule has 0 saturated carbocycles. The fourth-order valence-corrected chi connectivity index (χ4v) is 4.79. The Balaban J connectivity index is 1.81. The molecule has 0 amide bonds. The monoisotopic (exact) mass is 512 g/mol. The zero-order valence-corrected chi connectivity index (χ0v) is 20.6. The number of anilines is 1. The van der Waals surface area contributed by atoms with Crippen molar-refractivity contribution in [3.63, 3.8) is 0 Å². The minimum atomic E-state index is -4.10. The molecule has 1 aromatic carbocycles. The lowest BCUT2D eigenvalue weighted by Gasteiger charge is -2.13. The van der Waals surface area contributed by atoms with E-state index in [9.17, 15) is 18.0 Å². The highest BCUT2D eigenvalue weighted by atomic mass is 32.2. The van der Waals surface area contributed by atoms with E-state index in [0.717, 1.165) is 12.6 Å². The van der Waals surface area contributed by atoms with Crippen LogP contribution < -0.4 is 15.0 Å². The van der Waals surface area contributed by atoms with Gasteiger partial charge in [0.05, 0.1) is 34.6 Å². The van der Waals surface area contributed by atoms with E-state index in [1.54, 1.807) is 14.0 Å². The van der Waals surface area contributed by atoms with E-state index in [0.29, 0.717) is 35.5 Å². The van der Waals surface area contributed by atoms with E-state index in [4.69, 9.17) is 9.84 Å². The molecule has 0 aliphatic carbocycles. The molecule has 3 heterocycles. The third kappa shape index (κ3) is 4.77. The number of sulfonamides is 1. The second-order valence-electron chi connectivity index (χ2n) is 7.87. The van der Waals surface area contributed by atoms with Crippen LogP contribution in [0, 0.1) is 0 Å². The number of rotatable bonds is 9. The summed E-state index contributed by atoms with van der Waals surface area (Å²) in [6, 6.07) is 6.69. The first-order chi connectivity index (χ1) is 17.1. The van der Waals surface area contributed by atoms with E-state index >= 15 is 0 Å². The first-order valence-electron chi connectivity index (χ1n) is 11.1. The predicted molar refractivity (Wildman–Crippen MR) is 132 cm³/mol. The maximum Gasteiger partial charge on any atom is 0.354 e. The second kappa shape index (κ2) is 9.77. The number of ether oxygens (including phenoxy) is 1. The largest absolute Gasteiger partial charge is 0.493 e. The van der Waals surface area contributed by atoms with Gasteiger partial charge in [0, 0.05) is 7.05 Å². The smallest absolute Gasteiger partial charge is 0.354 e. The molecule has 12 nitrogen and oxygen atoms in total. The molecule has 0 unspecified atom stereocenters. The summed E-state index contributed by atoms with van der Waals surface area (Å²) >= 11 is 0. The molecule has 0 bridgehead atoms. The van der Waals surface area contributed by atoms with Gasteiger partial charge in [0.2, 0.25) is 0 Å². The van der Waals surface area contributed by atoms with Gasteiger partial charge in [-0.3, -0.25) is 14.2 Å². The Labute approximate surface area is 206 Å². The van der Waals surface area contributed by atoms with Crippen LogP contribution in [0.15, 0.2) is 46.2 Å². The van der Waals surface area contributed by atoms with Crippen molar-refractivity contribution < 1.29 is 23.1 Å². The Bertz CT molecular complexity index is 1610. The molecule has 0 aliphatic heterocycles. The Morgan fingerprint density at radius 1 is 1.22 bits per heavy atom. The summed E-state index contributed by atoms with van der Waals surface area (Å²) in [6.45, 7) is 4.08. The van der Waals surface area contributed by atoms with Crippen LogP contribution in [-0.2, 0) is 23.5 Å². The van der Waals surface area contributed by atoms with E-state index in [-0.39, 0.29) is 27.7 Å². The van der Waals surface area contributed by atoms with Gasteiger partial charge in [-0.1, -0.05) is 13.3 Å². The summed E-state index contributed by atoms with van der Waals surface area (Å²) < 4.78 is 35.7. The highest BCUT2D eigenvalue weighted by Crippen LogP contribution is 2.31. The van der Waals surface area contributed by atoms with Crippen LogP contribution in [0.4, 0.5) is 5.69 Å². The van der Waals surface area contributed by atoms with Gasteiger partial charge in [-0.2, -0.15) is 5.10 Å². The summed E-state index contributed by atoms with van der Waals surface area (Å²) in [6.07, 6.45) is 2.54. The number of aryl methyl sites for hydroxylation is 2. The standard InChI is InChI=1S/C23H24N6O6S/c1-4-6-16-19-20(29(3)27-16)22(30)26-21(25-19)15-11-14(8-10-18(15)35-5-2)36(33,34)28-13-7-9-17(23(31)32)24-12-13/h7-12,28H,4-6H2,1-3H3,(H,31,32)(H,25,26,30). The van der Waals surface area contributed by atoms with Crippen LogP contribution in [0.1, 0.15) is 36.5 Å². The number of nitrogens with zero attached hydrogens (tertiary/aromatic N) is 4. The van der Waals surface area contributed by atoms with Crippen molar-refractivity contribution in [2.24, 2.45) is 7.05 Å². The van der Waals surface area contributed by atoms with Crippen molar-refractivity contribution in [2.45, 2.75) is 31.6 Å². The number of hydrogen-bond acceptors (Lipinski definition) is 8. The molecule has 0 saturated heterocycles. The molecule has 3 N–H and O–H groups in total. The molecule has 0 radical (unpaired) electrons. The van der Waals surface area contributed by atoms with Gasteiger partial charge >= 0.3 is 5.97 Å². The molecule has 0 spiro atoms. The minimum Gasteiger partial charge on any atom is -0.493 e. The predicted octanol–water partition coefficient (Wildman–Crippen LogP) is 2.57. The number of pyridine rings is 1. The van der Waals surface area contributed by atoms with Crippen LogP contribution in [0.2, 0.25) is 0 Å². The number of H-pyrrole nitrogens is 1. The highest BCUT2D eigenvalue weighted by Gasteiger charge is 2.21. The van der Waals surface area contributed by atoms with Crippen molar-refractivity contribution in [3.8, 4) is 17.1 Å². The highest BCUT2D eigenvalue weighted by molar-refractivity contribution is 7.92. The van der Waals surface area contributed by atoms with Crippen LogP contribution in [0.25, 0.3) is 22.4 Å². The topological polar surface area (TPSA) is 169 Å². The van der Waals surface area contributed by atoms with E-state index in [1.165, 1.54) is 35.0 Å². The molecule has 0 atom stereocenters. The maximum atomic E-state index is 13.1. The summed E-state index contributed by atoms with van der Waals surface area (Å²) in [5, 5.41) is 13.4. The zero-order valence-electron chi connectivity index (χ0n) is 19.8. The molecule has 13 heteroatoms. The van der Waals surface area contributed by atoms with Crippen molar-refractivity contribution in [3.05, 3.63) is 58.3 Å². The number of carboxylic acid groups (broad SMARTS) is 1. The van der Waals surface area contributed by atoms with Gasteiger partial charge in [0.25, 0.3) is 15.6 Å². The van der Waals surface area contributed by atoms with Crippen LogP contribution in [0.5, 0.6) is 5.75 Å². The molecule has 4 rings (SSSR count). The first-order valence-corrected chi connectivity index (χ1v) is 12.6. The van der Waals surface area contributed by atoms with E-state index in [2.05, 4.69) is 24.8 Å². The van der Waals surface area contributed by atoms with Crippen molar-refractivity contribution in [1.82, 2.24) is 24.7 Å². The number of benzene rings is 1. The minimum absolute atomic E-state index is 0.0861. The summed E-state index contributed by atoms with van der Waals surface area (Å²) in [5.74, 6) is -0.743.